The number of hydrogen-bond acceptors (Lipinski definition) is 3. The van der Waals surface area contributed by atoms with Crippen molar-refractivity contribution in [3.05, 3.63) is 18.2 Å². The van der Waals surface area contributed by atoms with E-state index in [1.165, 1.54) is 19.4 Å². The molecule has 2 fully saturated rings. The summed E-state index contributed by atoms with van der Waals surface area (Å²) in [5.74, 6) is 1.60. The fraction of sp³-hybridized carbons (Fsp3) is 0.765. The molecule has 1 saturated heterocycles. The van der Waals surface area contributed by atoms with Crippen LogP contribution in [0.2, 0.25) is 0 Å². The van der Waals surface area contributed by atoms with Gasteiger partial charge in [-0.1, -0.05) is 13.8 Å². The molecule has 0 aromatic carbocycles. The third kappa shape index (κ3) is 3.35. The smallest absolute Gasteiger partial charge is 0.272 e. The van der Waals surface area contributed by atoms with Crippen molar-refractivity contribution < 1.29 is 4.79 Å². The second kappa shape index (κ2) is 6.41. The van der Waals surface area contributed by atoms with E-state index in [-0.39, 0.29) is 5.91 Å². The first-order valence-electron chi connectivity index (χ1n) is 8.56. The van der Waals surface area contributed by atoms with Gasteiger partial charge in [-0.2, -0.15) is 0 Å². The summed E-state index contributed by atoms with van der Waals surface area (Å²) in [5.41, 5.74) is 0.693. The molecule has 2 aliphatic rings. The molecular formula is C17H28N4O. The molecular weight excluding hydrogens is 276 g/mol. The second-order valence-corrected chi connectivity index (χ2v) is 7.24. The Labute approximate surface area is 133 Å². The van der Waals surface area contributed by atoms with E-state index in [2.05, 4.69) is 23.7 Å². The molecule has 5 heteroatoms. The first kappa shape index (κ1) is 15.5. The third-order valence-electron chi connectivity index (χ3n) is 5.03. The highest BCUT2D eigenvalue weighted by Gasteiger charge is 2.33. The number of aryl methyl sites for hydroxylation is 1. The summed E-state index contributed by atoms with van der Waals surface area (Å²) in [4.78, 5) is 21.5. The van der Waals surface area contributed by atoms with E-state index in [4.69, 9.17) is 0 Å². The molecule has 0 unspecified atom stereocenters. The van der Waals surface area contributed by atoms with Crippen LogP contribution in [0.25, 0.3) is 0 Å². The molecule has 22 heavy (non-hydrogen) atoms. The number of nitrogens with zero attached hydrogens (tertiary/aromatic N) is 4. The van der Waals surface area contributed by atoms with Crippen molar-refractivity contribution in [2.24, 2.45) is 18.9 Å². The minimum absolute atomic E-state index is 0.124. The fourth-order valence-corrected chi connectivity index (χ4v) is 3.46. The Hall–Kier alpha value is -1.36. The molecule has 0 N–H and O–H groups in total. The number of rotatable bonds is 4. The number of amides is 1. The first-order chi connectivity index (χ1) is 10.6. The van der Waals surface area contributed by atoms with Gasteiger partial charge in [-0.15, -0.1) is 0 Å². The van der Waals surface area contributed by atoms with Gasteiger partial charge in [0.1, 0.15) is 5.69 Å². The highest BCUT2D eigenvalue weighted by Crippen LogP contribution is 2.32. The fourth-order valence-electron chi connectivity index (χ4n) is 3.46. The highest BCUT2D eigenvalue weighted by molar-refractivity contribution is 5.92. The van der Waals surface area contributed by atoms with Crippen LogP contribution in [-0.2, 0) is 7.05 Å². The van der Waals surface area contributed by atoms with E-state index >= 15 is 0 Å². The molecule has 1 amide bonds. The topological polar surface area (TPSA) is 41.4 Å². The van der Waals surface area contributed by atoms with Gasteiger partial charge in [0.05, 0.1) is 12.5 Å². The average molecular weight is 304 g/mol. The molecule has 0 bridgehead atoms. The van der Waals surface area contributed by atoms with Gasteiger partial charge in [-0.05, 0) is 31.1 Å². The number of imidazole rings is 1. The molecule has 0 radical (unpaired) electrons. The highest BCUT2D eigenvalue weighted by atomic mass is 16.2. The summed E-state index contributed by atoms with van der Waals surface area (Å²) in [7, 11) is 1.89. The largest absolute Gasteiger partial charge is 0.336 e. The predicted molar refractivity (Wildman–Crippen MR) is 86.7 cm³/mol. The molecule has 1 atom stereocenters. The molecule has 0 spiro atoms. The minimum atomic E-state index is 0.124. The summed E-state index contributed by atoms with van der Waals surface area (Å²) in [6.07, 6.45) is 7.22. The second-order valence-electron chi connectivity index (χ2n) is 7.24. The van der Waals surface area contributed by atoms with Gasteiger partial charge < -0.3 is 9.47 Å². The van der Waals surface area contributed by atoms with Crippen LogP contribution in [0.5, 0.6) is 0 Å². The van der Waals surface area contributed by atoms with Crippen LogP contribution in [-0.4, -0.2) is 57.5 Å². The van der Waals surface area contributed by atoms with E-state index in [1.807, 2.05) is 16.5 Å². The van der Waals surface area contributed by atoms with E-state index in [0.717, 1.165) is 32.0 Å². The van der Waals surface area contributed by atoms with Crippen LogP contribution in [0, 0.1) is 11.8 Å². The van der Waals surface area contributed by atoms with Crippen molar-refractivity contribution in [1.82, 2.24) is 19.4 Å². The molecule has 1 aromatic heterocycles. The quantitative estimate of drug-likeness (QED) is 0.854. The monoisotopic (exact) mass is 304 g/mol. The Balaban J connectivity index is 1.73. The number of carbonyl (C=O) groups is 1. The molecule has 1 saturated carbocycles. The van der Waals surface area contributed by atoms with Gasteiger partial charge in [0.25, 0.3) is 5.91 Å². The molecule has 1 aliphatic heterocycles. The molecule has 2 heterocycles. The molecule has 122 valence electrons. The van der Waals surface area contributed by atoms with Gasteiger partial charge in [-0.3, -0.25) is 9.69 Å². The zero-order valence-electron chi connectivity index (χ0n) is 14.0. The maximum atomic E-state index is 12.8. The van der Waals surface area contributed by atoms with Crippen molar-refractivity contribution in [3.8, 4) is 0 Å². The maximum Gasteiger partial charge on any atom is 0.272 e. The minimum Gasteiger partial charge on any atom is -0.336 e. The lowest BCUT2D eigenvalue weighted by Gasteiger charge is -2.34. The van der Waals surface area contributed by atoms with Crippen LogP contribution in [0.15, 0.2) is 12.5 Å². The van der Waals surface area contributed by atoms with Gasteiger partial charge in [0.2, 0.25) is 0 Å². The molecule has 1 aromatic rings. The van der Waals surface area contributed by atoms with Crippen molar-refractivity contribution in [3.63, 3.8) is 0 Å². The standard InChI is InChI=1S/C17H28N4O/c1-13(2)16-11-21(17(22)15-9-18-12-19(15)3)8-4-7-20(16)10-14-5-6-14/h9,12-14,16H,4-8,10-11H2,1-3H3/t16-/m0/s1. The number of aromatic nitrogens is 2. The van der Waals surface area contributed by atoms with Crippen molar-refractivity contribution in [2.45, 2.75) is 39.2 Å². The van der Waals surface area contributed by atoms with Crippen molar-refractivity contribution in [1.29, 1.82) is 0 Å². The zero-order chi connectivity index (χ0) is 15.7. The maximum absolute atomic E-state index is 12.8. The van der Waals surface area contributed by atoms with Crippen LogP contribution < -0.4 is 0 Å². The molecule has 3 rings (SSSR count). The Morgan fingerprint density at radius 2 is 2.14 bits per heavy atom. The Bertz CT molecular complexity index is 520. The van der Waals surface area contributed by atoms with Crippen molar-refractivity contribution in [2.75, 3.05) is 26.2 Å². The predicted octanol–water partition coefficient (Wildman–Crippen LogP) is 2.00. The van der Waals surface area contributed by atoms with Crippen LogP contribution in [0.4, 0.5) is 0 Å². The SMILES string of the molecule is CC(C)[C@@H]1CN(C(=O)c2cncn2C)CCCN1CC1CC1. The van der Waals surface area contributed by atoms with Crippen molar-refractivity contribution >= 4 is 5.91 Å². The van der Waals surface area contributed by atoms with Crippen LogP contribution in [0.3, 0.4) is 0 Å². The van der Waals surface area contributed by atoms with Gasteiger partial charge in [0, 0.05) is 39.3 Å². The lowest BCUT2D eigenvalue weighted by atomic mass is 10.0. The third-order valence-corrected chi connectivity index (χ3v) is 5.03. The average Bonchev–Trinajstić information content (AvgIpc) is 3.23. The van der Waals surface area contributed by atoms with E-state index in [0.29, 0.717) is 17.7 Å². The van der Waals surface area contributed by atoms with Gasteiger partial charge >= 0.3 is 0 Å². The van der Waals surface area contributed by atoms with E-state index < -0.39 is 0 Å². The number of hydrogen-bond donors (Lipinski definition) is 0. The van der Waals surface area contributed by atoms with Gasteiger partial charge in [0.15, 0.2) is 0 Å². The molecule has 1 aliphatic carbocycles. The van der Waals surface area contributed by atoms with Crippen LogP contribution >= 0.6 is 0 Å². The zero-order valence-corrected chi connectivity index (χ0v) is 14.0. The summed E-state index contributed by atoms with van der Waals surface area (Å²) in [6, 6.07) is 0.472. The van der Waals surface area contributed by atoms with Crippen LogP contribution in [0.1, 0.15) is 43.6 Å². The first-order valence-corrected chi connectivity index (χ1v) is 8.56. The Morgan fingerprint density at radius 3 is 2.73 bits per heavy atom. The summed E-state index contributed by atoms with van der Waals surface area (Å²) in [5, 5.41) is 0. The Morgan fingerprint density at radius 1 is 1.36 bits per heavy atom. The van der Waals surface area contributed by atoms with E-state index in [9.17, 15) is 4.79 Å². The summed E-state index contributed by atoms with van der Waals surface area (Å²) < 4.78 is 1.82. The number of carbonyl (C=O) groups excluding carboxylic acids is 1. The molecule has 5 nitrogen and oxygen atoms in total. The summed E-state index contributed by atoms with van der Waals surface area (Å²) >= 11 is 0. The van der Waals surface area contributed by atoms with Gasteiger partial charge in [-0.25, -0.2) is 4.98 Å². The summed E-state index contributed by atoms with van der Waals surface area (Å²) in [6.45, 7) is 8.60. The normalized spacial score (nSPS) is 23.8. The lowest BCUT2D eigenvalue weighted by Crippen LogP contribution is -2.46. The lowest BCUT2D eigenvalue weighted by molar-refractivity contribution is 0.0695. The van der Waals surface area contributed by atoms with E-state index in [1.54, 1.807) is 12.5 Å². The Kier molecular flexibility index (Phi) is 4.52.